The lowest BCUT2D eigenvalue weighted by molar-refractivity contribution is 0.0675. The molecule has 2 saturated heterocycles. The number of halogens is 2. The highest BCUT2D eigenvalue weighted by molar-refractivity contribution is 5.95. The third-order valence-corrected chi connectivity index (χ3v) is 5.27. The van der Waals surface area contributed by atoms with Gasteiger partial charge in [-0.3, -0.25) is 4.79 Å². The first-order chi connectivity index (χ1) is 12.1. The van der Waals surface area contributed by atoms with E-state index in [9.17, 15) is 13.6 Å². The normalized spacial score (nSPS) is 22.7. The summed E-state index contributed by atoms with van der Waals surface area (Å²) in [6.07, 6.45) is 2.88. The number of fused-ring (bicyclic) bond motifs is 2. The van der Waals surface area contributed by atoms with E-state index < -0.39 is 5.82 Å². The van der Waals surface area contributed by atoms with Crippen molar-refractivity contribution in [1.82, 2.24) is 10.2 Å². The lowest BCUT2D eigenvalue weighted by Crippen LogP contribution is -2.42. The standard InChI is InChI=1S/C20H20F2N2O/c21-15-4-1-13(2-5-15)14-3-8-18(19(22)11-14)20(25)24-16-6-7-17(24)12-23-10-9-16/h1-5,8,11,16-17,23H,6-7,9-10,12H2. The second-order valence-corrected chi connectivity index (χ2v) is 6.79. The molecule has 0 aliphatic carbocycles. The smallest absolute Gasteiger partial charge is 0.257 e. The average Bonchev–Trinajstić information content (AvgIpc) is 2.87. The van der Waals surface area contributed by atoms with Gasteiger partial charge in [0.05, 0.1) is 5.56 Å². The predicted octanol–water partition coefficient (Wildman–Crippen LogP) is 3.60. The molecule has 0 aromatic heterocycles. The Kier molecular flexibility index (Phi) is 4.25. The molecule has 0 saturated carbocycles. The molecule has 1 amide bonds. The maximum atomic E-state index is 14.7. The second kappa shape index (κ2) is 6.56. The first-order valence-corrected chi connectivity index (χ1v) is 8.72. The van der Waals surface area contributed by atoms with Crippen molar-refractivity contribution in [2.45, 2.75) is 31.3 Å². The van der Waals surface area contributed by atoms with Crippen LogP contribution >= 0.6 is 0 Å². The van der Waals surface area contributed by atoms with Crippen molar-refractivity contribution in [1.29, 1.82) is 0 Å². The van der Waals surface area contributed by atoms with Gasteiger partial charge in [0, 0.05) is 18.6 Å². The summed E-state index contributed by atoms with van der Waals surface area (Å²) in [6, 6.07) is 10.9. The Hall–Kier alpha value is -2.27. The molecule has 5 heteroatoms. The fourth-order valence-electron chi connectivity index (χ4n) is 3.96. The third-order valence-electron chi connectivity index (χ3n) is 5.27. The molecule has 4 rings (SSSR count). The molecule has 0 radical (unpaired) electrons. The lowest BCUT2D eigenvalue weighted by atomic mass is 10.0. The van der Waals surface area contributed by atoms with Gasteiger partial charge in [-0.05, 0) is 61.2 Å². The van der Waals surface area contributed by atoms with Crippen LogP contribution in [0.5, 0.6) is 0 Å². The summed E-state index contributed by atoms with van der Waals surface area (Å²) in [4.78, 5) is 14.8. The Bertz CT molecular complexity index is 777. The molecule has 2 bridgehead atoms. The zero-order chi connectivity index (χ0) is 17.4. The van der Waals surface area contributed by atoms with Crippen molar-refractivity contribution in [2.24, 2.45) is 0 Å². The summed E-state index contributed by atoms with van der Waals surface area (Å²) in [6.45, 7) is 1.68. The molecule has 130 valence electrons. The molecule has 2 atom stereocenters. The van der Waals surface area contributed by atoms with Crippen molar-refractivity contribution < 1.29 is 13.6 Å². The van der Waals surface area contributed by atoms with Gasteiger partial charge in [-0.15, -0.1) is 0 Å². The van der Waals surface area contributed by atoms with E-state index >= 15 is 0 Å². The number of hydrogen-bond donors (Lipinski definition) is 1. The van der Waals surface area contributed by atoms with Crippen LogP contribution in [0, 0.1) is 11.6 Å². The molecule has 25 heavy (non-hydrogen) atoms. The SMILES string of the molecule is O=C(c1ccc(-c2ccc(F)cc2)cc1F)N1C2CCNCC1CC2. The minimum absolute atomic E-state index is 0.115. The van der Waals surface area contributed by atoms with Crippen LogP contribution in [-0.4, -0.2) is 36.0 Å². The van der Waals surface area contributed by atoms with Crippen LogP contribution in [0.4, 0.5) is 8.78 Å². The van der Waals surface area contributed by atoms with E-state index in [0.717, 1.165) is 37.9 Å². The fraction of sp³-hybridized carbons (Fsp3) is 0.350. The molecule has 0 spiro atoms. The molecule has 2 unspecified atom stereocenters. The molecule has 2 aromatic rings. The number of hydrogen-bond acceptors (Lipinski definition) is 2. The Morgan fingerprint density at radius 1 is 0.960 bits per heavy atom. The Balaban J connectivity index is 1.62. The number of nitrogens with zero attached hydrogens (tertiary/aromatic N) is 1. The third kappa shape index (κ3) is 3.04. The van der Waals surface area contributed by atoms with Crippen LogP contribution in [0.3, 0.4) is 0 Å². The molecular weight excluding hydrogens is 322 g/mol. The van der Waals surface area contributed by atoms with Crippen LogP contribution in [-0.2, 0) is 0 Å². The van der Waals surface area contributed by atoms with E-state index in [4.69, 9.17) is 0 Å². The summed E-state index contributed by atoms with van der Waals surface area (Å²) < 4.78 is 27.7. The Labute approximate surface area is 145 Å². The van der Waals surface area contributed by atoms with Gasteiger partial charge in [0.15, 0.2) is 0 Å². The number of carbonyl (C=O) groups is 1. The minimum Gasteiger partial charge on any atom is -0.331 e. The zero-order valence-corrected chi connectivity index (χ0v) is 13.8. The maximum Gasteiger partial charge on any atom is 0.257 e. The van der Waals surface area contributed by atoms with Gasteiger partial charge in [-0.25, -0.2) is 8.78 Å². The molecular formula is C20H20F2N2O. The quantitative estimate of drug-likeness (QED) is 0.904. The van der Waals surface area contributed by atoms with Crippen LogP contribution in [0.2, 0.25) is 0 Å². The number of amides is 1. The van der Waals surface area contributed by atoms with Crippen molar-refractivity contribution >= 4 is 5.91 Å². The number of rotatable bonds is 2. The highest BCUT2D eigenvalue weighted by Crippen LogP contribution is 2.31. The van der Waals surface area contributed by atoms with Crippen molar-refractivity contribution in [3.05, 3.63) is 59.7 Å². The average molecular weight is 342 g/mol. The van der Waals surface area contributed by atoms with E-state index in [2.05, 4.69) is 5.32 Å². The molecule has 2 fully saturated rings. The monoisotopic (exact) mass is 342 g/mol. The summed E-state index contributed by atoms with van der Waals surface area (Å²) in [5.74, 6) is -1.08. The molecule has 1 N–H and O–H groups in total. The minimum atomic E-state index is -0.525. The van der Waals surface area contributed by atoms with E-state index in [0.29, 0.717) is 5.56 Å². The van der Waals surface area contributed by atoms with E-state index in [-0.39, 0.29) is 29.4 Å². The number of benzene rings is 2. The first-order valence-electron chi connectivity index (χ1n) is 8.72. The predicted molar refractivity (Wildman–Crippen MR) is 92.3 cm³/mol. The maximum absolute atomic E-state index is 14.7. The Morgan fingerprint density at radius 3 is 2.44 bits per heavy atom. The van der Waals surface area contributed by atoms with Gasteiger partial charge in [-0.1, -0.05) is 18.2 Å². The van der Waals surface area contributed by atoms with Crippen molar-refractivity contribution in [2.75, 3.05) is 13.1 Å². The van der Waals surface area contributed by atoms with Gasteiger partial charge in [-0.2, -0.15) is 0 Å². The highest BCUT2D eigenvalue weighted by Gasteiger charge is 2.39. The summed E-state index contributed by atoms with van der Waals surface area (Å²) in [5, 5.41) is 3.35. The molecule has 2 aromatic carbocycles. The number of nitrogens with one attached hydrogen (secondary N) is 1. The van der Waals surface area contributed by atoms with Gasteiger partial charge in [0.25, 0.3) is 5.91 Å². The van der Waals surface area contributed by atoms with E-state index in [1.54, 1.807) is 24.3 Å². The highest BCUT2D eigenvalue weighted by atomic mass is 19.1. The van der Waals surface area contributed by atoms with Crippen molar-refractivity contribution in [3.63, 3.8) is 0 Å². The molecule has 2 aliphatic heterocycles. The second-order valence-electron chi connectivity index (χ2n) is 6.79. The van der Waals surface area contributed by atoms with Gasteiger partial charge in [0.2, 0.25) is 0 Å². The van der Waals surface area contributed by atoms with Crippen LogP contribution in [0.1, 0.15) is 29.6 Å². The molecule has 2 heterocycles. The summed E-state index contributed by atoms with van der Waals surface area (Å²) in [7, 11) is 0. The largest absolute Gasteiger partial charge is 0.331 e. The molecule has 3 nitrogen and oxygen atoms in total. The Morgan fingerprint density at radius 2 is 1.68 bits per heavy atom. The topological polar surface area (TPSA) is 32.3 Å². The zero-order valence-electron chi connectivity index (χ0n) is 13.8. The van der Waals surface area contributed by atoms with Crippen LogP contribution < -0.4 is 5.32 Å². The van der Waals surface area contributed by atoms with Gasteiger partial charge in [0.1, 0.15) is 11.6 Å². The van der Waals surface area contributed by atoms with E-state index in [1.807, 2.05) is 4.90 Å². The summed E-state index contributed by atoms with van der Waals surface area (Å²) >= 11 is 0. The lowest BCUT2D eigenvalue weighted by Gasteiger charge is -2.28. The summed E-state index contributed by atoms with van der Waals surface area (Å²) in [5.41, 5.74) is 1.47. The number of carbonyl (C=O) groups excluding carboxylic acids is 1. The van der Waals surface area contributed by atoms with Crippen LogP contribution in [0.15, 0.2) is 42.5 Å². The van der Waals surface area contributed by atoms with Gasteiger partial charge < -0.3 is 10.2 Å². The molecule has 2 aliphatic rings. The van der Waals surface area contributed by atoms with E-state index in [1.165, 1.54) is 18.2 Å². The first kappa shape index (κ1) is 16.2. The van der Waals surface area contributed by atoms with Crippen LogP contribution in [0.25, 0.3) is 11.1 Å². The van der Waals surface area contributed by atoms with Gasteiger partial charge >= 0.3 is 0 Å². The fourth-order valence-corrected chi connectivity index (χ4v) is 3.96. The van der Waals surface area contributed by atoms with Crippen molar-refractivity contribution in [3.8, 4) is 11.1 Å².